The number of aryl methyl sites for hydroxylation is 2. The van der Waals surface area contributed by atoms with Gasteiger partial charge in [-0.15, -0.1) is 0 Å². The fraction of sp³-hybridized carbons (Fsp3) is 0.500. The Morgan fingerprint density at radius 1 is 1.07 bits per heavy atom. The normalized spacial score (nSPS) is 15.4. The molecule has 164 valence electrons. The molecule has 0 aromatic heterocycles. The van der Waals surface area contributed by atoms with Gasteiger partial charge in [0.05, 0.1) is 17.2 Å². The number of rotatable bonds is 8. The van der Waals surface area contributed by atoms with Crippen LogP contribution in [-0.2, 0) is 10.0 Å². The molecule has 0 aliphatic carbocycles. The maximum atomic E-state index is 13.5. The van der Waals surface area contributed by atoms with Gasteiger partial charge in [0.25, 0.3) is 10.0 Å². The SMILES string of the molecule is Cc1ccc(N(CC(C)C)S(=O)(=O)c2ccc(OCC3CCNCC3)cc2)c(C)c1. The van der Waals surface area contributed by atoms with Crippen molar-refractivity contribution in [3.05, 3.63) is 53.6 Å². The van der Waals surface area contributed by atoms with Crippen molar-refractivity contribution in [2.75, 3.05) is 30.5 Å². The number of nitrogens with one attached hydrogen (secondary N) is 1. The molecular formula is C24H34N2O3S. The van der Waals surface area contributed by atoms with E-state index in [0.29, 0.717) is 19.1 Å². The third kappa shape index (κ3) is 5.55. The van der Waals surface area contributed by atoms with Crippen molar-refractivity contribution in [1.29, 1.82) is 0 Å². The molecule has 5 nitrogen and oxygen atoms in total. The molecule has 1 saturated heterocycles. The molecule has 0 unspecified atom stereocenters. The predicted octanol–water partition coefficient (Wildman–Crippen LogP) is 4.53. The van der Waals surface area contributed by atoms with Gasteiger partial charge in [-0.1, -0.05) is 31.5 Å². The van der Waals surface area contributed by atoms with Crippen LogP contribution in [0.25, 0.3) is 0 Å². The zero-order valence-corrected chi connectivity index (χ0v) is 19.3. The smallest absolute Gasteiger partial charge is 0.264 e. The summed E-state index contributed by atoms with van der Waals surface area (Å²) in [7, 11) is -3.67. The molecule has 1 aliphatic rings. The van der Waals surface area contributed by atoms with E-state index >= 15 is 0 Å². The fourth-order valence-corrected chi connectivity index (χ4v) is 5.53. The van der Waals surface area contributed by atoms with Crippen LogP contribution in [0.2, 0.25) is 0 Å². The Hall–Kier alpha value is -2.05. The third-order valence-corrected chi connectivity index (χ3v) is 7.30. The van der Waals surface area contributed by atoms with E-state index in [1.165, 1.54) is 4.31 Å². The summed E-state index contributed by atoms with van der Waals surface area (Å²) in [5.74, 6) is 1.48. The Labute approximate surface area is 181 Å². The molecule has 1 heterocycles. The van der Waals surface area contributed by atoms with Gasteiger partial charge in [-0.3, -0.25) is 4.31 Å². The second kappa shape index (κ2) is 9.84. The number of anilines is 1. The zero-order valence-electron chi connectivity index (χ0n) is 18.5. The lowest BCUT2D eigenvalue weighted by Gasteiger charge is -2.28. The van der Waals surface area contributed by atoms with Crippen molar-refractivity contribution in [2.45, 2.75) is 45.4 Å². The number of hydrogen-bond acceptors (Lipinski definition) is 4. The summed E-state index contributed by atoms with van der Waals surface area (Å²) >= 11 is 0. The van der Waals surface area contributed by atoms with Crippen LogP contribution in [0.3, 0.4) is 0 Å². The molecule has 0 amide bonds. The van der Waals surface area contributed by atoms with Crippen molar-refractivity contribution in [3.8, 4) is 5.75 Å². The van der Waals surface area contributed by atoms with E-state index in [2.05, 4.69) is 5.32 Å². The van der Waals surface area contributed by atoms with Crippen LogP contribution in [0.4, 0.5) is 5.69 Å². The molecule has 3 rings (SSSR count). The summed E-state index contributed by atoms with van der Waals surface area (Å²) in [5, 5.41) is 3.35. The van der Waals surface area contributed by atoms with Crippen LogP contribution < -0.4 is 14.4 Å². The molecule has 0 bridgehead atoms. The molecule has 6 heteroatoms. The van der Waals surface area contributed by atoms with Gasteiger partial charge in [-0.05, 0) is 87.5 Å². The highest BCUT2D eigenvalue weighted by molar-refractivity contribution is 7.92. The maximum Gasteiger partial charge on any atom is 0.264 e. The highest BCUT2D eigenvalue weighted by atomic mass is 32.2. The van der Waals surface area contributed by atoms with Crippen LogP contribution in [-0.4, -0.2) is 34.7 Å². The van der Waals surface area contributed by atoms with Crippen molar-refractivity contribution in [1.82, 2.24) is 5.32 Å². The number of piperidine rings is 1. The lowest BCUT2D eigenvalue weighted by Crippen LogP contribution is -2.34. The molecule has 30 heavy (non-hydrogen) atoms. The van der Waals surface area contributed by atoms with E-state index in [-0.39, 0.29) is 10.8 Å². The Morgan fingerprint density at radius 3 is 2.33 bits per heavy atom. The molecule has 0 atom stereocenters. The van der Waals surface area contributed by atoms with Crippen LogP contribution in [0.1, 0.15) is 37.8 Å². The number of ether oxygens (including phenoxy) is 1. The maximum absolute atomic E-state index is 13.5. The summed E-state index contributed by atoms with van der Waals surface area (Å²) in [6.45, 7) is 11.2. The molecule has 0 radical (unpaired) electrons. The predicted molar refractivity (Wildman–Crippen MR) is 123 cm³/mol. The van der Waals surface area contributed by atoms with E-state index < -0.39 is 10.0 Å². The number of sulfonamides is 1. The standard InChI is InChI=1S/C24H34N2O3S/c1-18(2)16-26(24-10-5-19(3)15-20(24)4)30(27,28)23-8-6-22(7-9-23)29-17-21-11-13-25-14-12-21/h5-10,15,18,21,25H,11-14,16-17H2,1-4H3. The number of nitrogens with zero attached hydrogens (tertiary/aromatic N) is 1. The molecule has 1 N–H and O–H groups in total. The first-order valence-corrected chi connectivity index (χ1v) is 12.2. The largest absolute Gasteiger partial charge is 0.493 e. The van der Waals surface area contributed by atoms with Gasteiger partial charge in [0.1, 0.15) is 5.75 Å². The van der Waals surface area contributed by atoms with E-state index in [1.54, 1.807) is 24.3 Å². The molecule has 0 saturated carbocycles. The highest BCUT2D eigenvalue weighted by Crippen LogP contribution is 2.29. The van der Waals surface area contributed by atoms with Crippen molar-refractivity contribution in [3.63, 3.8) is 0 Å². The van der Waals surface area contributed by atoms with E-state index in [4.69, 9.17) is 4.74 Å². The van der Waals surface area contributed by atoms with Gasteiger partial charge in [0.15, 0.2) is 0 Å². The Kier molecular flexibility index (Phi) is 7.42. The minimum absolute atomic E-state index is 0.202. The molecule has 0 spiro atoms. The van der Waals surface area contributed by atoms with Gasteiger partial charge < -0.3 is 10.1 Å². The van der Waals surface area contributed by atoms with Gasteiger partial charge in [0, 0.05) is 6.54 Å². The first-order chi connectivity index (χ1) is 14.3. The Bertz CT molecular complexity index is 933. The topological polar surface area (TPSA) is 58.6 Å². The minimum atomic E-state index is -3.67. The number of benzene rings is 2. The summed E-state index contributed by atoms with van der Waals surface area (Å²) in [6, 6.07) is 12.7. The molecule has 2 aromatic carbocycles. The van der Waals surface area contributed by atoms with Crippen LogP contribution in [0.15, 0.2) is 47.4 Å². The third-order valence-electron chi connectivity index (χ3n) is 5.51. The Balaban J connectivity index is 1.80. The quantitative estimate of drug-likeness (QED) is 0.668. The lowest BCUT2D eigenvalue weighted by atomic mass is 9.99. The Morgan fingerprint density at radius 2 is 1.73 bits per heavy atom. The average molecular weight is 431 g/mol. The summed E-state index contributed by atoms with van der Waals surface area (Å²) in [4.78, 5) is 0.289. The first-order valence-electron chi connectivity index (χ1n) is 10.8. The van der Waals surface area contributed by atoms with Crippen LogP contribution >= 0.6 is 0 Å². The molecular weight excluding hydrogens is 396 g/mol. The van der Waals surface area contributed by atoms with E-state index in [1.807, 2.05) is 45.9 Å². The van der Waals surface area contributed by atoms with E-state index in [9.17, 15) is 8.42 Å². The minimum Gasteiger partial charge on any atom is -0.493 e. The van der Waals surface area contributed by atoms with Gasteiger partial charge in [0.2, 0.25) is 0 Å². The average Bonchev–Trinajstić information content (AvgIpc) is 2.72. The lowest BCUT2D eigenvalue weighted by molar-refractivity contribution is 0.215. The summed E-state index contributed by atoms with van der Waals surface area (Å²) in [5.41, 5.74) is 2.81. The highest BCUT2D eigenvalue weighted by Gasteiger charge is 2.27. The zero-order chi connectivity index (χ0) is 21.7. The first kappa shape index (κ1) is 22.6. The van der Waals surface area contributed by atoms with Crippen LogP contribution in [0, 0.1) is 25.7 Å². The molecule has 2 aromatic rings. The summed E-state index contributed by atoms with van der Waals surface area (Å²) < 4.78 is 34.5. The monoisotopic (exact) mass is 430 g/mol. The van der Waals surface area contributed by atoms with Gasteiger partial charge in [-0.25, -0.2) is 8.42 Å². The molecule has 1 fully saturated rings. The van der Waals surface area contributed by atoms with Crippen molar-refractivity contribution < 1.29 is 13.2 Å². The van der Waals surface area contributed by atoms with Crippen molar-refractivity contribution in [2.24, 2.45) is 11.8 Å². The second-order valence-corrected chi connectivity index (χ2v) is 10.6. The van der Waals surface area contributed by atoms with Crippen molar-refractivity contribution >= 4 is 15.7 Å². The second-order valence-electron chi connectivity index (χ2n) is 8.70. The van der Waals surface area contributed by atoms with Gasteiger partial charge in [-0.2, -0.15) is 0 Å². The molecule has 1 aliphatic heterocycles. The van der Waals surface area contributed by atoms with Crippen LogP contribution in [0.5, 0.6) is 5.75 Å². The number of hydrogen-bond donors (Lipinski definition) is 1. The summed E-state index contributed by atoms with van der Waals surface area (Å²) in [6.07, 6.45) is 2.24. The van der Waals surface area contributed by atoms with Gasteiger partial charge >= 0.3 is 0 Å². The van der Waals surface area contributed by atoms with E-state index in [0.717, 1.165) is 48.5 Å². The fourth-order valence-electron chi connectivity index (χ4n) is 3.84.